The molecule has 140 valence electrons. The number of hydrogen-bond donors (Lipinski definition) is 0. The van der Waals surface area contributed by atoms with Gasteiger partial charge in [-0.05, 0) is 62.2 Å². The van der Waals surface area contributed by atoms with Crippen LogP contribution in [0, 0.1) is 23.7 Å². The minimum absolute atomic E-state index is 0.513. The second kappa shape index (κ2) is 9.57. The summed E-state index contributed by atoms with van der Waals surface area (Å²) in [5.74, 6) is 3.65. The van der Waals surface area contributed by atoms with Crippen LogP contribution in [-0.4, -0.2) is 19.0 Å². The summed E-state index contributed by atoms with van der Waals surface area (Å²) in [6, 6.07) is 0. The van der Waals surface area contributed by atoms with Gasteiger partial charge in [-0.15, -0.1) is 0 Å². The second-order valence-electron chi connectivity index (χ2n) is 8.81. The van der Waals surface area contributed by atoms with Crippen molar-refractivity contribution < 1.29 is 9.47 Å². The van der Waals surface area contributed by atoms with Crippen LogP contribution in [0.3, 0.4) is 0 Å². The van der Waals surface area contributed by atoms with E-state index >= 15 is 0 Å². The molecule has 0 aliphatic heterocycles. The summed E-state index contributed by atoms with van der Waals surface area (Å²) >= 11 is 0. The highest BCUT2D eigenvalue weighted by molar-refractivity contribution is 4.89. The Morgan fingerprint density at radius 2 is 1.00 bits per heavy atom. The Kier molecular flexibility index (Phi) is 7.46. The summed E-state index contributed by atoms with van der Waals surface area (Å²) in [6.45, 7) is 4.82. The normalized spacial score (nSPS) is 41.2. The highest BCUT2D eigenvalue weighted by Gasteiger charge is 2.40. The standard InChI is InChI=1S/C19H32O2.C3H8/c1-3-7-16-14(5-1)9-11-18(16)20-13-21-19-12-10-15-6-2-4-8-17(15)19;1-3-2/h14-19H,1-13H2;3H2,1-2H3. The van der Waals surface area contributed by atoms with Crippen molar-refractivity contribution in [2.24, 2.45) is 23.7 Å². The van der Waals surface area contributed by atoms with Crippen LogP contribution in [0.1, 0.15) is 97.3 Å². The van der Waals surface area contributed by atoms with Gasteiger partial charge in [-0.25, -0.2) is 0 Å². The molecule has 4 fully saturated rings. The van der Waals surface area contributed by atoms with Gasteiger partial charge in [0.05, 0.1) is 12.2 Å². The lowest BCUT2D eigenvalue weighted by molar-refractivity contribution is -0.140. The highest BCUT2D eigenvalue weighted by Crippen LogP contribution is 2.45. The molecular formula is C22H40O2. The van der Waals surface area contributed by atoms with E-state index in [1.165, 1.54) is 83.5 Å². The van der Waals surface area contributed by atoms with Gasteiger partial charge in [0.25, 0.3) is 0 Å². The topological polar surface area (TPSA) is 18.5 Å². The molecule has 0 amide bonds. The van der Waals surface area contributed by atoms with Crippen molar-refractivity contribution >= 4 is 0 Å². The maximum atomic E-state index is 6.19. The molecule has 6 unspecified atom stereocenters. The molecular weight excluding hydrogens is 296 g/mol. The molecule has 4 aliphatic carbocycles. The SMILES string of the molecule is C1CCC2C(C1)CCC2OCOC1CCC2CCCCC21.CCC. The number of rotatable bonds is 4. The van der Waals surface area contributed by atoms with Crippen molar-refractivity contribution in [2.45, 2.75) is 110 Å². The van der Waals surface area contributed by atoms with Crippen LogP contribution in [0.4, 0.5) is 0 Å². The van der Waals surface area contributed by atoms with Crippen LogP contribution in [0.15, 0.2) is 0 Å². The fourth-order valence-corrected chi connectivity index (χ4v) is 5.98. The van der Waals surface area contributed by atoms with Crippen molar-refractivity contribution in [1.82, 2.24) is 0 Å². The fraction of sp³-hybridized carbons (Fsp3) is 1.00. The van der Waals surface area contributed by atoms with E-state index in [1.54, 1.807) is 0 Å². The average molecular weight is 337 g/mol. The molecule has 0 aromatic heterocycles. The molecule has 4 rings (SSSR count). The first-order valence-corrected chi connectivity index (χ1v) is 11.1. The molecule has 0 spiro atoms. The van der Waals surface area contributed by atoms with Crippen LogP contribution in [0.2, 0.25) is 0 Å². The molecule has 0 aromatic rings. The fourth-order valence-electron chi connectivity index (χ4n) is 5.98. The Hall–Kier alpha value is -0.0800. The first-order valence-electron chi connectivity index (χ1n) is 11.1. The average Bonchev–Trinajstić information content (AvgIpc) is 3.21. The van der Waals surface area contributed by atoms with E-state index in [0.29, 0.717) is 19.0 Å². The predicted octanol–water partition coefficient (Wildman–Crippen LogP) is 6.33. The summed E-state index contributed by atoms with van der Waals surface area (Å²) < 4.78 is 12.4. The van der Waals surface area contributed by atoms with E-state index in [2.05, 4.69) is 13.8 Å². The van der Waals surface area contributed by atoms with Crippen LogP contribution < -0.4 is 0 Å². The van der Waals surface area contributed by atoms with Crippen LogP contribution in [0.5, 0.6) is 0 Å². The van der Waals surface area contributed by atoms with Crippen LogP contribution >= 0.6 is 0 Å². The molecule has 2 nitrogen and oxygen atoms in total. The predicted molar refractivity (Wildman–Crippen MR) is 99.9 cm³/mol. The Morgan fingerprint density at radius 3 is 1.46 bits per heavy atom. The molecule has 2 heteroatoms. The molecule has 24 heavy (non-hydrogen) atoms. The molecule has 0 N–H and O–H groups in total. The van der Waals surface area contributed by atoms with E-state index in [-0.39, 0.29) is 0 Å². The van der Waals surface area contributed by atoms with Crippen molar-refractivity contribution in [3.8, 4) is 0 Å². The zero-order valence-electron chi connectivity index (χ0n) is 16.2. The maximum Gasteiger partial charge on any atom is 0.147 e. The Morgan fingerprint density at radius 1 is 0.583 bits per heavy atom. The van der Waals surface area contributed by atoms with Gasteiger partial charge in [-0.1, -0.05) is 58.8 Å². The third-order valence-corrected chi connectivity index (χ3v) is 7.10. The van der Waals surface area contributed by atoms with Crippen LogP contribution in [0.25, 0.3) is 0 Å². The van der Waals surface area contributed by atoms with E-state index in [9.17, 15) is 0 Å². The van der Waals surface area contributed by atoms with Crippen molar-refractivity contribution in [2.75, 3.05) is 6.79 Å². The zero-order valence-corrected chi connectivity index (χ0v) is 16.2. The van der Waals surface area contributed by atoms with E-state index in [1.807, 2.05) is 0 Å². The van der Waals surface area contributed by atoms with Crippen LogP contribution in [-0.2, 0) is 9.47 Å². The molecule has 0 radical (unpaired) electrons. The summed E-state index contributed by atoms with van der Waals surface area (Å²) in [4.78, 5) is 0. The number of ether oxygens (including phenoxy) is 2. The quantitative estimate of drug-likeness (QED) is 0.558. The lowest BCUT2D eigenvalue weighted by atomic mass is 9.81. The van der Waals surface area contributed by atoms with Gasteiger partial charge in [-0.2, -0.15) is 0 Å². The van der Waals surface area contributed by atoms with Gasteiger partial charge in [-0.3, -0.25) is 0 Å². The zero-order chi connectivity index (χ0) is 16.8. The van der Waals surface area contributed by atoms with E-state index in [0.717, 1.165) is 23.7 Å². The summed E-state index contributed by atoms with van der Waals surface area (Å²) in [6.07, 6.45) is 19.1. The Balaban J connectivity index is 0.000000526. The first kappa shape index (κ1) is 18.7. The van der Waals surface area contributed by atoms with Crippen molar-refractivity contribution in [1.29, 1.82) is 0 Å². The van der Waals surface area contributed by atoms with Crippen molar-refractivity contribution in [3.05, 3.63) is 0 Å². The molecule has 0 saturated heterocycles. The summed E-state index contributed by atoms with van der Waals surface area (Å²) in [5, 5.41) is 0. The largest absolute Gasteiger partial charge is 0.352 e. The van der Waals surface area contributed by atoms with E-state index in [4.69, 9.17) is 9.47 Å². The van der Waals surface area contributed by atoms with Crippen molar-refractivity contribution in [3.63, 3.8) is 0 Å². The summed E-state index contributed by atoms with van der Waals surface area (Å²) in [5.41, 5.74) is 0. The highest BCUT2D eigenvalue weighted by atomic mass is 16.7. The van der Waals surface area contributed by atoms with Gasteiger partial charge < -0.3 is 9.47 Å². The monoisotopic (exact) mass is 336 g/mol. The Labute approximate surface area is 150 Å². The van der Waals surface area contributed by atoms with Gasteiger partial charge in [0.2, 0.25) is 0 Å². The van der Waals surface area contributed by atoms with Gasteiger partial charge >= 0.3 is 0 Å². The lowest BCUT2D eigenvalue weighted by Crippen LogP contribution is -2.29. The van der Waals surface area contributed by atoms with Gasteiger partial charge in [0, 0.05) is 0 Å². The second-order valence-corrected chi connectivity index (χ2v) is 8.81. The number of hydrogen-bond acceptors (Lipinski definition) is 2. The molecule has 4 aliphatic rings. The third-order valence-electron chi connectivity index (χ3n) is 7.10. The summed E-state index contributed by atoms with van der Waals surface area (Å²) in [7, 11) is 0. The van der Waals surface area contributed by atoms with Gasteiger partial charge in [0.15, 0.2) is 0 Å². The van der Waals surface area contributed by atoms with Gasteiger partial charge in [0.1, 0.15) is 6.79 Å². The Bertz CT molecular complexity index is 324. The minimum atomic E-state index is 0.513. The molecule has 6 atom stereocenters. The van der Waals surface area contributed by atoms with E-state index < -0.39 is 0 Å². The minimum Gasteiger partial charge on any atom is -0.352 e. The smallest absolute Gasteiger partial charge is 0.147 e. The lowest BCUT2D eigenvalue weighted by Gasteiger charge is -2.31. The molecule has 0 aromatic carbocycles. The maximum absolute atomic E-state index is 6.19. The molecule has 4 saturated carbocycles. The first-order chi connectivity index (χ1) is 11.8. The number of fused-ring (bicyclic) bond motifs is 2. The molecule has 0 bridgehead atoms. The molecule has 0 heterocycles. The third kappa shape index (κ3) is 4.55.